The van der Waals surface area contributed by atoms with E-state index in [4.69, 9.17) is 22.1 Å². The Hall–Kier alpha value is -1.74. The molecule has 0 amide bonds. The Morgan fingerprint density at radius 3 is 2.41 bits per heavy atom. The fourth-order valence-electron chi connectivity index (χ4n) is 1.59. The number of hydrogen-bond acceptors (Lipinski definition) is 2. The van der Waals surface area contributed by atoms with E-state index in [1.165, 1.54) is 12.1 Å². The SMILES string of the molecule is COc1ccc(-c2cc(F)cc(Cl)c2N)cc1. The van der Waals surface area contributed by atoms with Gasteiger partial charge in [-0.2, -0.15) is 0 Å². The van der Waals surface area contributed by atoms with E-state index in [1.807, 2.05) is 0 Å². The van der Waals surface area contributed by atoms with Gasteiger partial charge in [0.1, 0.15) is 11.6 Å². The summed E-state index contributed by atoms with van der Waals surface area (Å²) < 4.78 is 18.3. The van der Waals surface area contributed by atoms with Crippen LogP contribution >= 0.6 is 11.6 Å². The van der Waals surface area contributed by atoms with E-state index in [-0.39, 0.29) is 5.02 Å². The van der Waals surface area contributed by atoms with Gasteiger partial charge in [0, 0.05) is 5.56 Å². The molecule has 2 aromatic rings. The highest BCUT2D eigenvalue weighted by atomic mass is 35.5. The van der Waals surface area contributed by atoms with Crippen LogP contribution in [-0.4, -0.2) is 7.11 Å². The van der Waals surface area contributed by atoms with Crippen LogP contribution in [0.4, 0.5) is 10.1 Å². The maximum atomic E-state index is 13.3. The molecule has 2 N–H and O–H groups in total. The number of halogens is 2. The van der Waals surface area contributed by atoms with Gasteiger partial charge in [-0.25, -0.2) is 4.39 Å². The molecule has 0 aliphatic heterocycles. The van der Waals surface area contributed by atoms with Crippen molar-refractivity contribution in [2.45, 2.75) is 0 Å². The monoisotopic (exact) mass is 251 g/mol. The normalized spacial score (nSPS) is 10.3. The van der Waals surface area contributed by atoms with Gasteiger partial charge in [-0.1, -0.05) is 23.7 Å². The van der Waals surface area contributed by atoms with E-state index in [2.05, 4.69) is 0 Å². The molecule has 0 saturated heterocycles. The molecule has 2 aromatic carbocycles. The first-order valence-corrected chi connectivity index (χ1v) is 5.38. The average Bonchev–Trinajstić information content (AvgIpc) is 2.34. The highest BCUT2D eigenvalue weighted by Crippen LogP contribution is 2.33. The fourth-order valence-corrected chi connectivity index (χ4v) is 1.80. The highest BCUT2D eigenvalue weighted by Gasteiger charge is 2.08. The second-order valence-electron chi connectivity index (χ2n) is 3.58. The molecule has 0 aromatic heterocycles. The Balaban J connectivity index is 2.52. The van der Waals surface area contributed by atoms with Gasteiger partial charge in [-0.3, -0.25) is 0 Å². The molecule has 0 saturated carbocycles. The lowest BCUT2D eigenvalue weighted by Crippen LogP contribution is -1.93. The molecule has 0 fully saturated rings. The average molecular weight is 252 g/mol. The number of benzene rings is 2. The Kier molecular flexibility index (Phi) is 3.20. The molecular formula is C13H11ClFNO. The minimum atomic E-state index is -0.407. The fraction of sp³-hybridized carbons (Fsp3) is 0.0769. The summed E-state index contributed by atoms with van der Waals surface area (Å²) >= 11 is 5.84. The van der Waals surface area contributed by atoms with Crippen LogP contribution in [0.3, 0.4) is 0 Å². The first-order chi connectivity index (χ1) is 8.11. The summed E-state index contributed by atoms with van der Waals surface area (Å²) in [6.45, 7) is 0. The van der Waals surface area contributed by atoms with Gasteiger partial charge in [0.15, 0.2) is 0 Å². The van der Waals surface area contributed by atoms with Crippen LogP contribution in [0.5, 0.6) is 5.75 Å². The predicted molar refractivity (Wildman–Crippen MR) is 67.8 cm³/mol. The van der Waals surface area contributed by atoms with Gasteiger partial charge in [0.25, 0.3) is 0 Å². The smallest absolute Gasteiger partial charge is 0.125 e. The van der Waals surface area contributed by atoms with Gasteiger partial charge in [-0.15, -0.1) is 0 Å². The van der Waals surface area contributed by atoms with Gasteiger partial charge >= 0.3 is 0 Å². The largest absolute Gasteiger partial charge is 0.497 e. The molecule has 0 unspecified atom stereocenters. The summed E-state index contributed by atoms with van der Waals surface area (Å²) in [5.41, 5.74) is 7.57. The third-order valence-corrected chi connectivity index (χ3v) is 2.81. The number of nitrogens with two attached hydrogens (primary N) is 1. The molecule has 4 heteroatoms. The summed E-state index contributed by atoms with van der Waals surface area (Å²) in [7, 11) is 1.59. The zero-order valence-corrected chi connectivity index (χ0v) is 9.96. The van der Waals surface area contributed by atoms with Crippen molar-refractivity contribution in [3.05, 3.63) is 47.2 Å². The highest BCUT2D eigenvalue weighted by molar-refractivity contribution is 6.33. The van der Waals surface area contributed by atoms with E-state index >= 15 is 0 Å². The molecule has 2 nitrogen and oxygen atoms in total. The van der Waals surface area contributed by atoms with Gasteiger partial charge in [0.2, 0.25) is 0 Å². The molecule has 0 heterocycles. The van der Waals surface area contributed by atoms with Crippen molar-refractivity contribution >= 4 is 17.3 Å². The summed E-state index contributed by atoms with van der Waals surface area (Å²) in [5.74, 6) is 0.324. The van der Waals surface area contributed by atoms with Crippen molar-refractivity contribution in [3.8, 4) is 16.9 Å². The Bertz CT molecular complexity index is 540. The number of nitrogen functional groups attached to an aromatic ring is 1. The standard InChI is InChI=1S/C13H11ClFNO/c1-17-10-4-2-8(3-5-10)11-6-9(15)7-12(14)13(11)16/h2-7H,16H2,1H3. The zero-order chi connectivity index (χ0) is 12.4. The lowest BCUT2D eigenvalue weighted by molar-refractivity contribution is 0.415. The molecule has 0 spiro atoms. The molecule has 0 radical (unpaired) electrons. The molecule has 88 valence electrons. The number of methoxy groups -OCH3 is 1. The first-order valence-electron chi connectivity index (χ1n) is 5.01. The molecule has 0 aliphatic rings. The quantitative estimate of drug-likeness (QED) is 0.826. The molecule has 0 aliphatic carbocycles. The van der Waals surface area contributed by atoms with Crippen LogP contribution in [0.25, 0.3) is 11.1 Å². The summed E-state index contributed by atoms with van der Waals surface area (Å²) in [6, 6.07) is 9.74. The molecule has 2 rings (SSSR count). The lowest BCUT2D eigenvalue weighted by atomic mass is 10.0. The van der Waals surface area contributed by atoms with Crippen molar-refractivity contribution in [2.24, 2.45) is 0 Å². The number of anilines is 1. The van der Waals surface area contributed by atoms with Crippen LogP contribution in [0.15, 0.2) is 36.4 Å². The topological polar surface area (TPSA) is 35.2 Å². The second-order valence-corrected chi connectivity index (χ2v) is 3.98. The predicted octanol–water partition coefficient (Wildman–Crippen LogP) is 3.74. The minimum Gasteiger partial charge on any atom is -0.497 e. The van der Waals surface area contributed by atoms with E-state index in [0.29, 0.717) is 11.3 Å². The number of rotatable bonds is 2. The first kappa shape index (κ1) is 11.7. The van der Waals surface area contributed by atoms with Crippen LogP contribution < -0.4 is 10.5 Å². The molecule has 17 heavy (non-hydrogen) atoms. The van der Waals surface area contributed by atoms with Crippen molar-refractivity contribution in [1.82, 2.24) is 0 Å². The Labute approximate surface area is 104 Å². The zero-order valence-electron chi connectivity index (χ0n) is 9.21. The molecule has 0 atom stereocenters. The van der Waals surface area contributed by atoms with Crippen LogP contribution in [-0.2, 0) is 0 Å². The maximum Gasteiger partial charge on any atom is 0.125 e. The second kappa shape index (κ2) is 4.63. The van der Waals surface area contributed by atoms with E-state index in [0.717, 1.165) is 11.3 Å². The van der Waals surface area contributed by atoms with Gasteiger partial charge in [0.05, 0.1) is 17.8 Å². The van der Waals surface area contributed by atoms with Crippen LogP contribution in [0, 0.1) is 5.82 Å². The summed E-state index contributed by atoms with van der Waals surface area (Å²) in [4.78, 5) is 0. The van der Waals surface area contributed by atoms with Crippen molar-refractivity contribution in [1.29, 1.82) is 0 Å². The van der Waals surface area contributed by atoms with Crippen molar-refractivity contribution < 1.29 is 9.13 Å². The lowest BCUT2D eigenvalue weighted by Gasteiger charge is -2.08. The van der Waals surface area contributed by atoms with Gasteiger partial charge in [-0.05, 0) is 29.8 Å². The Morgan fingerprint density at radius 2 is 1.82 bits per heavy atom. The summed E-state index contributed by atoms with van der Waals surface area (Å²) in [6.07, 6.45) is 0. The van der Waals surface area contributed by atoms with E-state index in [1.54, 1.807) is 31.4 Å². The van der Waals surface area contributed by atoms with Crippen molar-refractivity contribution in [3.63, 3.8) is 0 Å². The van der Waals surface area contributed by atoms with E-state index < -0.39 is 5.82 Å². The number of hydrogen-bond donors (Lipinski definition) is 1. The third kappa shape index (κ3) is 2.34. The molecular weight excluding hydrogens is 241 g/mol. The minimum absolute atomic E-state index is 0.218. The van der Waals surface area contributed by atoms with E-state index in [9.17, 15) is 4.39 Å². The van der Waals surface area contributed by atoms with Crippen molar-refractivity contribution in [2.75, 3.05) is 12.8 Å². The van der Waals surface area contributed by atoms with Crippen LogP contribution in [0.1, 0.15) is 0 Å². The summed E-state index contributed by atoms with van der Waals surface area (Å²) in [5, 5.41) is 0.218. The number of ether oxygens (including phenoxy) is 1. The maximum absolute atomic E-state index is 13.3. The van der Waals surface area contributed by atoms with Gasteiger partial charge < -0.3 is 10.5 Å². The van der Waals surface area contributed by atoms with Crippen LogP contribution in [0.2, 0.25) is 5.02 Å². The Morgan fingerprint density at radius 1 is 1.18 bits per heavy atom. The molecule has 0 bridgehead atoms. The third-order valence-electron chi connectivity index (χ3n) is 2.50.